The van der Waals surface area contributed by atoms with Gasteiger partial charge in [0.1, 0.15) is 0 Å². The fourth-order valence-corrected chi connectivity index (χ4v) is 1.74. The zero-order valence-electron chi connectivity index (χ0n) is 11.3. The number of nitrogens with one attached hydrogen (secondary N) is 1. The van der Waals surface area contributed by atoms with E-state index >= 15 is 0 Å². The summed E-state index contributed by atoms with van der Waals surface area (Å²) >= 11 is 0. The average molecular weight is 250 g/mol. The van der Waals surface area contributed by atoms with E-state index in [1.54, 1.807) is 6.20 Å². The Morgan fingerprint density at radius 1 is 1.44 bits per heavy atom. The Hall–Kier alpha value is -1.42. The Labute approximate surface area is 108 Å². The molecule has 1 aromatic heterocycles. The molecule has 0 fully saturated rings. The highest BCUT2D eigenvalue weighted by Crippen LogP contribution is 2.20. The van der Waals surface area contributed by atoms with E-state index < -0.39 is 6.10 Å². The summed E-state index contributed by atoms with van der Waals surface area (Å²) in [5.41, 5.74) is 0.797. The fraction of sp³-hybridized carbons (Fsp3) is 0.571. The van der Waals surface area contributed by atoms with E-state index in [2.05, 4.69) is 31.1 Å². The van der Waals surface area contributed by atoms with Gasteiger partial charge in [-0.1, -0.05) is 26.8 Å². The molecule has 0 bridgehead atoms. The second kappa shape index (κ2) is 6.50. The number of amides is 1. The van der Waals surface area contributed by atoms with Crippen LogP contribution < -0.4 is 5.32 Å². The molecule has 0 radical (unpaired) electrons. The van der Waals surface area contributed by atoms with Gasteiger partial charge in [0, 0.05) is 18.4 Å². The lowest BCUT2D eigenvalue weighted by Crippen LogP contribution is -2.35. The summed E-state index contributed by atoms with van der Waals surface area (Å²) < 4.78 is 0. The van der Waals surface area contributed by atoms with Crippen molar-refractivity contribution >= 4 is 5.91 Å². The number of aliphatic hydroxyl groups excluding tert-OH is 1. The van der Waals surface area contributed by atoms with Crippen LogP contribution in [-0.2, 0) is 11.2 Å². The molecule has 0 aliphatic heterocycles. The van der Waals surface area contributed by atoms with Gasteiger partial charge in [0.15, 0.2) is 0 Å². The van der Waals surface area contributed by atoms with Crippen LogP contribution in [-0.4, -0.2) is 28.6 Å². The molecule has 0 aromatic carbocycles. The first-order chi connectivity index (χ1) is 8.37. The standard InChI is InChI=1S/C14H22N2O2/c1-14(2,3)9-12(17)10-16-13(18)8-11-6-4-5-7-15-11/h4-7,12,17H,8-10H2,1-3H3,(H,16,18). The van der Waals surface area contributed by atoms with Gasteiger partial charge in [-0.25, -0.2) is 0 Å². The number of hydrogen-bond acceptors (Lipinski definition) is 3. The fourth-order valence-electron chi connectivity index (χ4n) is 1.74. The molecule has 1 atom stereocenters. The van der Waals surface area contributed by atoms with Gasteiger partial charge in [0.25, 0.3) is 0 Å². The van der Waals surface area contributed by atoms with E-state index in [-0.39, 0.29) is 17.7 Å². The number of hydrogen-bond donors (Lipinski definition) is 2. The summed E-state index contributed by atoms with van der Waals surface area (Å²) in [6, 6.07) is 5.48. The number of carbonyl (C=O) groups excluding carboxylic acids is 1. The molecule has 4 heteroatoms. The first kappa shape index (κ1) is 14.6. The first-order valence-corrected chi connectivity index (χ1v) is 6.21. The lowest BCUT2D eigenvalue weighted by atomic mass is 9.89. The van der Waals surface area contributed by atoms with Gasteiger partial charge in [-0.3, -0.25) is 9.78 Å². The highest BCUT2D eigenvalue weighted by molar-refractivity contribution is 5.78. The van der Waals surface area contributed by atoms with Gasteiger partial charge in [-0.2, -0.15) is 0 Å². The van der Waals surface area contributed by atoms with Gasteiger partial charge in [-0.05, 0) is 24.0 Å². The molecule has 2 N–H and O–H groups in total. The molecule has 0 aliphatic rings. The summed E-state index contributed by atoms with van der Waals surface area (Å²) in [4.78, 5) is 15.7. The number of aromatic nitrogens is 1. The summed E-state index contributed by atoms with van der Waals surface area (Å²) in [6.45, 7) is 6.48. The van der Waals surface area contributed by atoms with Crippen LogP contribution in [0.4, 0.5) is 0 Å². The highest BCUT2D eigenvalue weighted by atomic mass is 16.3. The van der Waals surface area contributed by atoms with Gasteiger partial charge in [-0.15, -0.1) is 0 Å². The summed E-state index contributed by atoms with van der Waals surface area (Å²) in [5.74, 6) is -0.110. The quantitative estimate of drug-likeness (QED) is 0.833. The number of nitrogens with zero attached hydrogens (tertiary/aromatic N) is 1. The Morgan fingerprint density at radius 2 is 2.17 bits per heavy atom. The Morgan fingerprint density at radius 3 is 2.72 bits per heavy atom. The molecule has 1 rings (SSSR count). The van der Waals surface area contributed by atoms with E-state index in [0.29, 0.717) is 13.0 Å². The van der Waals surface area contributed by atoms with Crippen LogP contribution in [0.2, 0.25) is 0 Å². The zero-order chi connectivity index (χ0) is 13.6. The van der Waals surface area contributed by atoms with E-state index in [1.807, 2.05) is 18.2 Å². The molecule has 0 spiro atoms. The van der Waals surface area contributed by atoms with E-state index in [0.717, 1.165) is 5.69 Å². The van der Waals surface area contributed by atoms with Crippen LogP contribution in [0.3, 0.4) is 0 Å². The van der Waals surface area contributed by atoms with Crippen molar-refractivity contribution in [3.05, 3.63) is 30.1 Å². The molecular weight excluding hydrogens is 228 g/mol. The third kappa shape index (κ3) is 6.35. The number of rotatable bonds is 5. The lowest BCUT2D eigenvalue weighted by Gasteiger charge is -2.22. The summed E-state index contributed by atoms with van der Waals surface area (Å²) in [7, 11) is 0. The van der Waals surface area contributed by atoms with E-state index in [4.69, 9.17) is 0 Å². The lowest BCUT2D eigenvalue weighted by molar-refractivity contribution is -0.121. The maximum Gasteiger partial charge on any atom is 0.226 e. The third-order valence-corrected chi connectivity index (χ3v) is 2.45. The SMILES string of the molecule is CC(C)(C)CC(O)CNC(=O)Cc1ccccn1. The van der Waals surface area contributed by atoms with Crippen molar-refractivity contribution in [2.24, 2.45) is 5.41 Å². The van der Waals surface area contributed by atoms with Crippen LogP contribution in [0.1, 0.15) is 32.9 Å². The number of carbonyl (C=O) groups is 1. The molecule has 18 heavy (non-hydrogen) atoms. The molecule has 0 saturated carbocycles. The van der Waals surface area contributed by atoms with Crippen molar-refractivity contribution in [3.8, 4) is 0 Å². The molecule has 1 aromatic rings. The van der Waals surface area contributed by atoms with Gasteiger partial charge < -0.3 is 10.4 Å². The second-order valence-corrected chi connectivity index (χ2v) is 5.72. The van der Waals surface area contributed by atoms with Gasteiger partial charge in [0.05, 0.1) is 12.5 Å². The van der Waals surface area contributed by atoms with Crippen molar-refractivity contribution in [1.82, 2.24) is 10.3 Å². The molecule has 0 aliphatic carbocycles. The smallest absolute Gasteiger partial charge is 0.226 e. The van der Waals surface area contributed by atoms with Crippen molar-refractivity contribution < 1.29 is 9.90 Å². The zero-order valence-corrected chi connectivity index (χ0v) is 11.3. The van der Waals surface area contributed by atoms with Crippen molar-refractivity contribution in [1.29, 1.82) is 0 Å². The molecule has 1 heterocycles. The van der Waals surface area contributed by atoms with Crippen molar-refractivity contribution in [3.63, 3.8) is 0 Å². The minimum atomic E-state index is -0.502. The maximum atomic E-state index is 11.6. The minimum absolute atomic E-state index is 0.0606. The molecular formula is C14H22N2O2. The topological polar surface area (TPSA) is 62.2 Å². The van der Waals surface area contributed by atoms with E-state index in [1.165, 1.54) is 0 Å². The second-order valence-electron chi connectivity index (χ2n) is 5.72. The molecule has 0 saturated heterocycles. The minimum Gasteiger partial charge on any atom is -0.391 e. The first-order valence-electron chi connectivity index (χ1n) is 6.21. The van der Waals surface area contributed by atoms with Crippen LogP contribution in [0.15, 0.2) is 24.4 Å². The van der Waals surface area contributed by atoms with Crippen molar-refractivity contribution in [2.75, 3.05) is 6.54 Å². The normalized spacial score (nSPS) is 13.1. The van der Waals surface area contributed by atoms with Crippen LogP contribution >= 0.6 is 0 Å². The molecule has 4 nitrogen and oxygen atoms in total. The summed E-state index contributed by atoms with van der Waals surface area (Å²) in [5, 5.41) is 12.5. The Bertz CT molecular complexity index is 371. The molecule has 1 unspecified atom stereocenters. The van der Waals surface area contributed by atoms with Gasteiger partial charge >= 0.3 is 0 Å². The van der Waals surface area contributed by atoms with E-state index in [9.17, 15) is 9.90 Å². The van der Waals surface area contributed by atoms with Crippen LogP contribution in [0.5, 0.6) is 0 Å². The van der Waals surface area contributed by atoms with Crippen LogP contribution in [0, 0.1) is 5.41 Å². The Kier molecular flexibility index (Phi) is 5.28. The molecule has 100 valence electrons. The number of aliphatic hydroxyl groups is 1. The molecule has 1 amide bonds. The van der Waals surface area contributed by atoms with Crippen LogP contribution in [0.25, 0.3) is 0 Å². The predicted molar refractivity (Wildman–Crippen MR) is 71.0 cm³/mol. The van der Waals surface area contributed by atoms with Crippen molar-refractivity contribution in [2.45, 2.75) is 39.7 Å². The number of pyridine rings is 1. The highest BCUT2D eigenvalue weighted by Gasteiger charge is 2.17. The average Bonchev–Trinajstić information content (AvgIpc) is 2.25. The Balaban J connectivity index is 2.29. The predicted octanol–water partition coefficient (Wildman–Crippen LogP) is 1.54. The summed E-state index contributed by atoms with van der Waals surface area (Å²) in [6.07, 6.45) is 2.08. The largest absolute Gasteiger partial charge is 0.391 e. The van der Waals surface area contributed by atoms with Gasteiger partial charge in [0.2, 0.25) is 5.91 Å². The monoisotopic (exact) mass is 250 g/mol. The maximum absolute atomic E-state index is 11.6. The third-order valence-electron chi connectivity index (χ3n) is 2.45.